The maximum Gasteiger partial charge on any atom is 0.188 e. The molecule has 4 heteroatoms. The van der Waals surface area contributed by atoms with Crippen molar-refractivity contribution in [1.29, 1.82) is 0 Å². The average molecular weight is 367 g/mol. The maximum absolute atomic E-state index is 12.2. The second kappa shape index (κ2) is 6.17. The van der Waals surface area contributed by atoms with Gasteiger partial charge in [-0.2, -0.15) is 0 Å². The molecule has 3 nitrogen and oxygen atoms in total. The van der Waals surface area contributed by atoms with Crippen LogP contribution in [0, 0.1) is 0 Å². The van der Waals surface area contributed by atoms with Crippen molar-refractivity contribution >= 4 is 18.4 Å². The fraction of sp³-hybridized carbons (Fsp3) is 0.364. The van der Waals surface area contributed by atoms with Gasteiger partial charge in [-0.25, -0.2) is 0 Å². The molecule has 2 bridgehead atoms. The Balaban J connectivity index is 2.07. The lowest BCUT2D eigenvalue weighted by Crippen LogP contribution is -2.80. The minimum atomic E-state index is -2.81. The highest BCUT2D eigenvalue weighted by atomic mass is 28.3. The Kier molecular flexibility index (Phi) is 4.19. The first-order valence-electron chi connectivity index (χ1n) is 9.19. The first-order chi connectivity index (χ1) is 12.4. The lowest BCUT2D eigenvalue weighted by atomic mass is 10.2. The Labute approximate surface area is 156 Å². The third kappa shape index (κ3) is 2.37. The van der Waals surface area contributed by atoms with Crippen LogP contribution in [-0.4, -0.2) is 37.4 Å². The molecule has 0 amide bonds. The molecule has 2 aliphatic rings. The van der Waals surface area contributed by atoms with E-state index in [0.29, 0.717) is 6.61 Å². The van der Waals surface area contributed by atoms with Crippen LogP contribution in [0.15, 0.2) is 72.8 Å². The lowest BCUT2D eigenvalue weighted by Gasteiger charge is -2.54. The van der Waals surface area contributed by atoms with Gasteiger partial charge >= 0.3 is 0 Å². The zero-order valence-corrected chi connectivity index (χ0v) is 16.6. The highest BCUT2D eigenvalue weighted by Crippen LogP contribution is 2.47. The van der Waals surface area contributed by atoms with Crippen LogP contribution in [0.2, 0.25) is 5.04 Å². The van der Waals surface area contributed by atoms with E-state index in [1.54, 1.807) is 0 Å². The molecule has 2 aliphatic heterocycles. The molecule has 3 atom stereocenters. The highest BCUT2D eigenvalue weighted by molar-refractivity contribution is 7.06. The molecule has 0 aliphatic carbocycles. The molecule has 1 saturated heterocycles. The third-order valence-electron chi connectivity index (χ3n) is 5.77. The van der Waals surface area contributed by atoms with Gasteiger partial charge in [-0.1, -0.05) is 93.6 Å². The van der Waals surface area contributed by atoms with Crippen LogP contribution in [0.1, 0.15) is 20.8 Å². The van der Waals surface area contributed by atoms with Crippen molar-refractivity contribution < 1.29 is 14.6 Å². The topological polar surface area (TPSA) is 38.7 Å². The molecule has 0 aromatic heterocycles. The summed E-state index contributed by atoms with van der Waals surface area (Å²) in [5.74, 6) is 0. The van der Waals surface area contributed by atoms with Gasteiger partial charge in [0.1, 0.15) is 11.3 Å². The summed E-state index contributed by atoms with van der Waals surface area (Å²) < 4.78 is 12.0. The van der Waals surface area contributed by atoms with E-state index in [0.717, 1.165) is 0 Å². The van der Waals surface area contributed by atoms with E-state index in [-0.39, 0.29) is 11.1 Å². The van der Waals surface area contributed by atoms with Gasteiger partial charge in [0, 0.05) is 0 Å². The van der Waals surface area contributed by atoms with Crippen LogP contribution in [0.25, 0.3) is 0 Å². The van der Waals surface area contributed by atoms with Gasteiger partial charge in [-0.3, -0.25) is 0 Å². The van der Waals surface area contributed by atoms with E-state index in [9.17, 15) is 5.11 Å². The number of hydrogen-bond acceptors (Lipinski definition) is 3. The van der Waals surface area contributed by atoms with Crippen molar-refractivity contribution in [3.8, 4) is 0 Å². The van der Waals surface area contributed by atoms with E-state index in [4.69, 9.17) is 9.47 Å². The Morgan fingerprint density at radius 1 is 0.962 bits per heavy atom. The number of benzene rings is 2. The van der Waals surface area contributed by atoms with E-state index >= 15 is 0 Å². The zero-order valence-electron chi connectivity index (χ0n) is 15.6. The molecule has 2 aromatic rings. The Bertz CT molecular complexity index is 758. The summed E-state index contributed by atoms with van der Waals surface area (Å²) in [5.41, 5.74) is 0. The van der Waals surface area contributed by atoms with E-state index in [1.807, 2.05) is 24.3 Å². The number of ether oxygens (including phenoxy) is 2. The van der Waals surface area contributed by atoms with Crippen molar-refractivity contribution in [2.75, 3.05) is 6.61 Å². The normalized spacial score (nSPS) is 28.3. The first-order valence-corrected chi connectivity index (χ1v) is 11.2. The minimum absolute atomic E-state index is 0.0570. The van der Waals surface area contributed by atoms with Crippen LogP contribution in [-0.2, 0) is 9.47 Å². The summed E-state index contributed by atoms with van der Waals surface area (Å²) in [5, 5.41) is 13.2. The average Bonchev–Trinajstić information content (AvgIpc) is 3.05. The summed E-state index contributed by atoms with van der Waals surface area (Å²) in [7, 11) is -2.81. The molecule has 2 aromatic carbocycles. The summed E-state index contributed by atoms with van der Waals surface area (Å²) in [6, 6.07) is 20.9. The van der Waals surface area contributed by atoms with Crippen molar-refractivity contribution in [1.82, 2.24) is 0 Å². The van der Waals surface area contributed by atoms with Gasteiger partial charge in [-0.15, -0.1) is 0 Å². The summed E-state index contributed by atoms with van der Waals surface area (Å²) in [6.45, 7) is 7.19. The summed E-state index contributed by atoms with van der Waals surface area (Å²) in [6.07, 6.45) is 3.25. The second-order valence-corrected chi connectivity index (χ2v) is 13.2. The number of fused-ring (bicyclic) bond motifs is 2. The van der Waals surface area contributed by atoms with Crippen molar-refractivity contribution in [3.05, 3.63) is 72.8 Å². The van der Waals surface area contributed by atoms with Gasteiger partial charge in [0.15, 0.2) is 14.4 Å². The summed E-state index contributed by atoms with van der Waals surface area (Å²) >= 11 is 0. The fourth-order valence-electron chi connectivity index (χ4n) is 4.86. The predicted octanol–water partition coefficient (Wildman–Crippen LogP) is 2.63. The van der Waals surface area contributed by atoms with Crippen LogP contribution in [0.4, 0.5) is 0 Å². The molecule has 4 rings (SSSR count). The smallest absolute Gasteiger partial charge is 0.188 e. The van der Waals surface area contributed by atoms with Crippen LogP contribution in [0.3, 0.4) is 0 Å². The van der Waals surface area contributed by atoms with Crippen molar-refractivity contribution in [3.63, 3.8) is 0 Å². The molecule has 0 radical (unpaired) electrons. The van der Waals surface area contributed by atoms with Crippen LogP contribution in [0.5, 0.6) is 0 Å². The van der Waals surface area contributed by atoms with E-state index in [2.05, 4.69) is 69.3 Å². The molecule has 0 saturated carbocycles. The number of aliphatic hydroxyl groups is 1. The second-order valence-electron chi connectivity index (χ2n) is 8.26. The van der Waals surface area contributed by atoms with E-state index < -0.39 is 19.6 Å². The Hall–Kier alpha value is -1.72. The quantitative estimate of drug-likeness (QED) is 0.670. The largest absolute Gasteiger partial charge is 0.383 e. The molecule has 136 valence electrons. The standard InChI is InChI=1S/C22H26O3Si/c1-21(2,3)26(18-10-6-4-7-11-18,19-12-8-5-9-13-19)22(23)15-14-17-16-24-20(22)25-17/h4-15,17,20,23H,16H2,1-3H3/t17-,20+,22+/m0/s1. The SMILES string of the molecule is CC(C)(C)[Si](c1ccccc1)(c1ccccc1)[C@]1(O)C=C[C@H]2CO[C@@H]1O2. The first kappa shape index (κ1) is 17.7. The number of hydrogen-bond donors (Lipinski definition) is 1. The fourth-order valence-corrected chi connectivity index (χ4v) is 11.3. The number of rotatable bonds is 3. The zero-order chi connectivity index (χ0) is 18.4. The molecule has 26 heavy (non-hydrogen) atoms. The highest BCUT2D eigenvalue weighted by Gasteiger charge is 2.66. The molecule has 2 heterocycles. The van der Waals surface area contributed by atoms with Crippen molar-refractivity contribution in [2.45, 2.75) is 43.4 Å². The maximum atomic E-state index is 12.2. The molecule has 0 unspecified atom stereocenters. The Morgan fingerprint density at radius 2 is 1.50 bits per heavy atom. The van der Waals surface area contributed by atoms with Gasteiger partial charge in [0.2, 0.25) is 0 Å². The van der Waals surface area contributed by atoms with Crippen LogP contribution < -0.4 is 10.4 Å². The van der Waals surface area contributed by atoms with Gasteiger partial charge in [0.25, 0.3) is 0 Å². The Morgan fingerprint density at radius 3 is 2.00 bits per heavy atom. The molecule has 0 spiro atoms. The summed E-state index contributed by atoms with van der Waals surface area (Å²) in [4.78, 5) is 0. The molecular weight excluding hydrogens is 340 g/mol. The van der Waals surface area contributed by atoms with Crippen LogP contribution >= 0.6 is 0 Å². The van der Waals surface area contributed by atoms with Crippen molar-refractivity contribution in [2.24, 2.45) is 0 Å². The van der Waals surface area contributed by atoms with Gasteiger partial charge in [0.05, 0.1) is 6.61 Å². The van der Waals surface area contributed by atoms with Gasteiger partial charge in [-0.05, 0) is 15.4 Å². The molecule has 1 fully saturated rings. The predicted molar refractivity (Wildman–Crippen MR) is 106 cm³/mol. The lowest BCUT2D eigenvalue weighted by molar-refractivity contribution is -0.138. The minimum Gasteiger partial charge on any atom is -0.383 e. The van der Waals surface area contributed by atoms with E-state index in [1.165, 1.54) is 10.4 Å². The third-order valence-corrected chi connectivity index (χ3v) is 12.0. The molecule has 1 N–H and O–H groups in total. The van der Waals surface area contributed by atoms with Gasteiger partial charge < -0.3 is 14.6 Å². The molecular formula is C22H26O3Si. The monoisotopic (exact) mass is 366 g/mol.